The molecule has 68 valence electrons. The molecule has 2 radical (unpaired) electrons. The molecule has 2 unspecified atom stereocenters. The van der Waals surface area contributed by atoms with E-state index in [9.17, 15) is 0 Å². The number of fused-ring (bicyclic) bond motifs is 1. The fraction of sp³-hybridized carbons (Fsp3) is 1.00. The zero-order valence-electron chi connectivity index (χ0n) is 7.96. The van der Waals surface area contributed by atoms with Crippen molar-refractivity contribution in [2.45, 2.75) is 38.1 Å². The van der Waals surface area contributed by atoms with E-state index in [1.54, 1.807) is 0 Å². The average molecular weight is 183 g/mol. The van der Waals surface area contributed by atoms with Crippen molar-refractivity contribution in [1.29, 1.82) is 0 Å². The van der Waals surface area contributed by atoms with Crippen LogP contribution in [0.1, 0.15) is 32.1 Å². The van der Waals surface area contributed by atoms with Crippen molar-refractivity contribution in [2.24, 2.45) is 0 Å². The van der Waals surface area contributed by atoms with Gasteiger partial charge >= 0.3 is 0 Å². The summed E-state index contributed by atoms with van der Waals surface area (Å²) < 4.78 is 2.62. The minimum Gasteiger partial charge on any atom is -0.274 e. The van der Waals surface area contributed by atoms with E-state index in [-0.39, 0.29) is 0 Å². The predicted molar refractivity (Wildman–Crippen MR) is 57.7 cm³/mol. The normalized spacial score (nSPS) is 49.2. The summed E-state index contributed by atoms with van der Waals surface area (Å²) in [6.07, 6.45) is 9.25. The van der Waals surface area contributed by atoms with Gasteiger partial charge in [0.25, 0.3) is 0 Å². The lowest BCUT2D eigenvalue weighted by Gasteiger charge is -2.54. The molecule has 0 aromatic heterocycles. The van der Waals surface area contributed by atoms with E-state index in [2.05, 4.69) is 10.6 Å². The van der Waals surface area contributed by atoms with Gasteiger partial charge in [0.1, 0.15) is 0 Å². The van der Waals surface area contributed by atoms with Gasteiger partial charge in [-0.05, 0) is 37.7 Å². The molecule has 0 aliphatic carbocycles. The van der Waals surface area contributed by atoms with Crippen LogP contribution in [0.3, 0.4) is 0 Å². The van der Waals surface area contributed by atoms with Crippen LogP contribution in [0.2, 0.25) is 0 Å². The number of hydrogen-bond acceptors (Lipinski definition) is 1. The smallest absolute Gasteiger partial charge is 0.157 e. The molecule has 2 saturated heterocycles. The molecule has 2 rings (SSSR count). The molecule has 2 aliphatic heterocycles. The highest BCUT2D eigenvalue weighted by atomic mass is 32.3. The number of hydrogen-bond donors (Lipinski definition) is 0. The van der Waals surface area contributed by atoms with Gasteiger partial charge in [0, 0.05) is 12.6 Å². The predicted octanol–water partition coefficient (Wildman–Crippen LogP) is 2.07. The standard InChI is InChI=1S/C9H18BNS/c1-12(10)8-4-6-9-5-2-3-7-11(9)12/h9H,2-8H2,1H3. The van der Waals surface area contributed by atoms with Crippen molar-refractivity contribution in [3.8, 4) is 0 Å². The summed E-state index contributed by atoms with van der Waals surface area (Å²) in [7, 11) is 5.49. The highest BCUT2D eigenvalue weighted by Crippen LogP contribution is 2.51. The summed E-state index contributed by atoms with van der Waals surface area (Å²) in [5, 5.41) is 0. The summed E-state index contributed by atoms with van der Waals surface area (Å²) in [5.74, 6) is 1.27. The molecule has 0 N–H and O–H groups in total. The Morgan fingerprint density at radius 3 is 2.75 bits per heavy atom. The first-order chi connectivity index (χ1) is 5.70. The van der Waals surface area contributed by atoms with Crippen LogP contribution in [-0.4, -0.2) is 36.0 Å². The van der Waals surface area contributed by atoms with Gasteiger partial charge in [-0.1, -0.05) is 6.42 Å². The molecular weight excluding hydrogens is 165 g/mol. The van der Waals surface area contributed by atoms with E-state index < -0.39 is 10.1 Å². The molecule has 3 heteroatoms. The van der Waals surface area contributed by atoms with Gasteiger partial charge in [-0.2, -0.15) is 0 Å². The van der Waals surface area contributed by atoms with E-state index >= 15 is 0 Å². The average Bonchev–Trinajstić information content (AvgIpc) is 2.04. The van der Waals surface area contributed by atoms with Crippen LogP contribution in [0.4, 0.5) is 0 Å². The Morgan fingerprint density at radius 1 is 1.25 bits per heavy atom. The summed E-state index contributed by atoms with van der Waals surface area (Å²) in [6.45, 7) is 1.27. The topological polar surface area (TPSA) is 3.24 Å². The molecule has 2 heterocycles. The number of rotatable bonds is 0. The van der Waals surface area contributed by atoms with Crippen LogP contribution in [0.5, 0.6) is 0 Å². The van der Waals surface area contributed by atoms with Crippen LogP contribution in [0.25, 0.3) is 0 Å². The van der Waals surface area contributed by atoms with Crippen molar-refractivity contribution in [3.05, 3.63) is 0 Å². The summed E-state index contributed by atoms with van der Waals surface area (Å²) in [4.78, 5) is 0. The molecular formula is C9H18BNS. The van der Waals surface area contributed by atoms with Crippen molar-refractivity contribution >= 4 is 17.2 Å². The Morgan fingerprint density at radius 2 is 2.00 bits per heavy atom. The Kier molecular flexibility index (Phi) is 2.43. The molecule has 0 aromatic rings. The summed E-state index contributed by atoms with van der Waals surface area (Å²) in [5.41, 5.74) is 0. The Balaban J connectivity index is 2.09. The molecule has 2 fully saturated rings. The van der Waals surface area contributed by atoms with Crippen LogP contribution in [-0.2, 0) is 0 Å². The van der Waals surface area contributed by atoms with Crippen LogP contribution >= 0.6 is 10.1 Å². The van der Waals surface area contributed by atoms with Crippen LogP contribution in [0, 0.1) is 0 Å². The molecule has 0 spiro atoms. The highest BCUT2D eigenvalue weighted by molar-refractivity contribution is 8.47. The highest BCUT2D eigenvalue weighted by Gasteiger charge is 2.33. The second kappa shape index (κ2) is 3.26. The second-order valence-corrected chi connectivity index (χ2v) is 7.34. The SMILES string of the molecule is [B]S1(C)CCCC2CCCCN21. The third kappa shape index (κ3) is 1.53. The number of piperidine rings is 1. The Bertz CT molecular complexity index is 170. The maximum absolute atomic E-state index is 6.34. The maximum atomic E-state index is 6.34. The van der Waals surface area contributed by atoms with Gasteiger partial charge in [0.05, 0.1) is 0 Å². The minimum absolute atomic E-state index is 0.845. The third-order valence-corrected chi connectivity index (χ3v) is 5.87. The lowest BCUT2D eigenvalue weighted by Crippen LogP contribution is -2.45. The Hall–Kier alpha value is 0.375. The molecule has 1 nitrogen and oxygen atoms in total. The molecule has 2 aliphatic rings. The third-order valence-electron chi connectivity index (χ3n) is 3.20. The molecule has 0 bridgehead atoms. The minimum atomic E-state index is -0.850. The van der Waals surface area contributed by atoms with Crippen molar-refractivity contribution in [2.75, 3.05) is 18.6 Å². The van der Waals surface area contributed by atoms with E-state index in [0.29, 0.717) is 0 Å². The van der Waals surface area contributed by atoms with Gasteiger partial charge in [0.15, 0.2) is 7.12 Å². The largest absolute Gasteiger partial charge is 0.274 e. The summed E-state index contributed by atoms with van der Waals surface area (Å²) in [6, 6.07) is 0.845. The number of nitrogens with zero attached hydrogens (tertiary/aromatic N) is 1. The molecule has 12 heavy (non-hydrogen) atoms. The van der Waals surface area contributed by atoms with Gasteiger partial charge in [-0.15, -0.1) is 0 Å². The molecule has 0 amide bonds. The first-order valence-corrected chi connectivity index (χ1v) is 7.24. The van der Waals surface area contributed by atoms with E-state index in [1.165, 1.54) is 44.4 Å². The maximum Gasteiger partial charge on any atom is 0.157 e. The fourth-order valence-electron chi connectivity index (χ4n) is 2.54. The van der Waals surface area contributed by atoms with Gasteiger partial charge in [-0.25, -0.2) is 10.1 Å². The molecule has 0 aromatic carbocycles. The zero-order valence-corrected chi connectivity index (χ0v) is 8.78. The first-order valence-electron chi connectivity index (χ1n) is 5.01. The lowest BCUT2D eigenvalue weighted by atomic mass is 10.0. The van der Waals surface area contributed by atoms with E-state index in [4.69, 9.17) is 7.12 Å². The lowest BCUT2D eigenvalue weighted by molar-refractivity contribution is 0.245. The quantitative estimate of drug-likeness (QED) is 0.519. The zero-order chi connectivity index (χ0) is 8.60. The van der Waals surface area contributed by atoms with E-state index in [0.717, 1.165) is 6.04 Å². The fourth-order valence-corrected chi connectivity index (χ4v) is 4.96. The molecule has 2 atom stereocenters. The van der Waals surface area contributed by atoms with Gasteiger partial charge in [-0.3, -0.25) is 4.31 Å². The Labute approximate surface area is 78.7 Å². The van der Waals surface area contributed by atoms with Crippen molar-refractivity contribution < 1.29 is 0 Å². The van der Waals surface area contributed by atoms with Crippen LogP contribution in [0.15, 0.2) is 0 Å². The van der Waals surface area contributed by atoms with E-state index in [1.807, 2.05) is 0 Å². The van der Waals surface area contributed by atoms with Gasteiger partial charge in [0.2, 0.25) is 0 Å². The van der Waals surface area contributed by atoms with Crippen molar-refractivity contribution in [3.63, 3.8) is 0 Å². The second-order valence-electron chi connectivity index (χ2n) is 4.24. The van der Waals surface area contributed by atoms with Crippen molar-refractivity contribution in [1.82, 2.24) is 4.31 Å². The summed E-state index contributed by atoms with van der Waals surface area (Å²) >= 11 is 0. The first kappa shape index (κ1) is 8.95. The monoisotopic (exact) mass is 183 g/mol. The van der Waals surface area contributed by atoms with Gasteiger partial charge < -0.3 is 0 Å². The molecule has 0 saturated carbocycles. The van der Waals surface area contributed by atoms with Crippen LogP contribution < -0.4 is 0 Å².